The lowest BCUT2D eigenvalue weighted by molar-refractivity contribution is -0.139. The summed E-state index contributed by atoms with van der Waals surface area (Å²) >= 11 is 1.22. The summed E-state index contributed by atoms with van der Waals surface area (Å²) in [5.74, 6) is 0.0536. The maximum atomic E-state index is 13.8. The Morgan fingerprint density at radius 3 is 2.39 bits per heavy atom. The van der Waals surface area contributed by atoms with Crippen molar-refractivity contribution < 1.29 is 28.5 Å². The quantitative estimate of drug-likeness (QED) is 0.408. The van der Waals surface area contributed by atoms with E-state index in [1.54, 1.807) is 62.4 Å². The lowest BCUT2D eigenvalue weighted by Gasteiger charge is -2.25. The highest BCUT2D eigenvalue weighted by molar-refractivity contribution is 7.07. The van der Waals surface area contributed by atoms with E-state index in [0.717, 1.165) is 5.56 Å². The van der Waals surface area contributed by atoms with Crippen LogP contribution in [0.2, 0.25) is 0 Å². The van der Waals surface area contributed by atoms with E-state index in [4.69, 9.17) is 18.9 Å². The van der Waals surface area contributed by atoms with Gasteiger partial charge < -0.3 is 18.9 Å². The number of benzene rings is 2. The first-order chi connectivity index (χ1) is 18.3. The number of allylic oxidation sites excluding steroid dienone is 1. The first-order valence-corrected chi connectivity index (χ1v) is 12.8. The first-order valence-electron chi connectivity index (χ1n) is 12.0. The van der Waals surface area contributed by atoms with Crippen molar-refractivity contribution in [1.82, 2.24) is 4.57 Å². The van der Waals surface area contributed by atoms with E-state index in [1.807, 2.05) is 6.92 Å². The molecule has 4 rings (SSSR count). The largest absolute Gasteiger partial charge is 0.493 e. The fourth-order valence-corrected chi connectivity index (χ4v) is 5.27. The monoisotopic (exact) mass is 536 g/mol. The Kier molecular flexibility index (Phi) is 8.11. The topological polar surface area (TPSA) is 105 Å². The number of carbonyl (C=O) groups excluding carboxylic acids is 2. The lowest BCUT2D eigenvalue weighted by Crippen LogP contribution is -2.40. The predicted molar refractivity (Wildman–Crippen MR) is 142 cm³/mol. The van der Waals surface area contributed by atoms with Gasteiger partial charge in [0, 0.05) is 0 Å². The molecule has 0 spiro atoms. The minimum absolute atomic E-state index is 0.181. The van der Waals surface area contributed by atoms with E-state index >= 15 is 0 Å². The second-order valence-electron chi connectivity index (χ2n) is 8.26. The molecule has 0 radical (unpaired) electrons. The van der Waals surface area contributed by atoms with Crippen LogP contribution >= 0.6 is 11.3 Å². The van der Waals surface area contributed by atoms with Crippen molar-refractivity contribution in [3.05, 3.63) is 90.1 Å². The fourth-order valence-electron chi connectivity index (χ4n) is 4.22. The molecule has 1 aliphatic heterocycles. The van der Waals surface area contributed by atoms with Crippen LogP contribution < -0.4 is 24.4 Å². The molecule has 0 fully saturated rings. The van der Waals surface area contributed by atoms with Crippen LogP contribution in [0.4, 0.5) is 0 Å². The molecular weight excluding hydrogens is 508 g/mol. The summed E-state index contributed by atoms with van der Waals surface area (Å²) in [6, 6.07) is 11.3. The Bertz CT molecular complexity index is 1580. The summed E-state index contributed by atoms with van der Waals surface area (Å²) in [6.45, 7) is 5.97. The number of carbonyl (C=O) groups is 2. The zero-order chi connectivity index (χ0) is 27.4. The van der Waals surface area contributed by atoms with Crippen molar-refractivity contribution >= 4 is 29.4 Å². The third-order valence-corrected chi connectivity index (χ3v) is 6.93. The van der Waals surface area contributed by atoms with Gasteiger partial charge in [0.1, 0.15) is 0 Å². The second kappa shape index (κ2) is 11.5. The molecule has 198 valence electrons. The van der Waals surface area contributed by atoms with Crippen LogP contribution in [0.25, 0.3) is 6.08 Å². The van der Waals surface area contributed by atoms with Gasteiger partial charge in [0.15, 0.2) is 16.3 Å². The van der Waals surface area contributed by atoms with Crippen LogP contribution in [-0.2, 0) is 14.3 Å². The summed E-state index contributed by atoms with van der Waals surface area (Å²) in [4.78, 5) is 43.6. The molecule has 9 nitrogen and oxygen atoms in total. The average molecular weight is 537 g/mol. The Morgan fingerprint density at radius 1 is 1.03 bits per heavy atom. The van der Waals surface area contributed by atoms with Gasteiger partial charge in [0.25, 0.3) is 5.56 Å². The van der Waals surface area contributed by atoms with Gasteiger partial charge >= 0.3 is 11.9 Å². The zero-order valence-corrected chi connectivity index (χ0v) is 22.6. The number of fused-ring (bicyclic) bond motifs is 1. The standard InChI is InChI=1S/C28H28N2O7S/c1-6-36-20-13-12-19(15-21(20)34-4)24-23(27(33)37-7-2)16(3)29-28-30(24)25(31)22(38-28)14-17-8-10-18(11-9-17)26(32)35-5/h8-15,24H,6-7H2,1-5H3/b22-14-. The van der Waals surface area contributed by atoms with E-state index in [1.165, 1.54) is 30.1 Å². The van der Waals surface area contributed by atoms with E-state index in [-0.39, 0.29) is 17.7 Å². The molecule has 0 bridgehead atoms. The van der Waals surface area contributed by atoms with Crippen molar-refractivity contribution in [2.75, 3.05) is 27.4 Å². The maximum Gasteiger partial charge on any atom is 0.338 e. The van der Waals surface area contributed by atoms with Gasteiger partial charge in [-0.15, -0.1) is 0 Å². The van der Waals surface area contributed by atoms with Gasteiger partial charge in [-0.3, -0.25) is 9.36 Å². The summed E-state index contributed by atoms with van der Waals surface area (Å²) in [5, 5.41) is 0. The second-order valence-corrected chi connectivity index (χ2v) is 9.27. The highest BCUT2D eigenvalue weighted by Crippen LogP contribution is 2.36. The molecule has 1 aliphatic rings. The van der Waals surface area contributed by atoms with Gasteiger partial charge in [0.05, 0.1) is 54.8 Å². The molecule has 0 amide bonds. The number of ether oxygens (including phenoxy) is 4. The van der Waals surface area contributed by atoms with Crippen molar-refractivity contribution in [1.29, 1.82) is 0 Å². The predicted octanol–water partition coefficient (Wildman–Crippen LogP) is 2.99. The van der Waals surface area contributed by atoms with Crippen molar-refractivity contribution in [2.24, 2.45) is 4.99 Å². The van der Waals surface area contributed by atoms with E-state index < -0.39 is 18.0 Å². The normalized spacial score (nSPS) is 15.0. The van der Waals surface area contributed by atoms with E-state index in [9.17, 15) is 14.4 Å². The summed E-state index contributed by atoms with van der Waals surface area (Å²) in [7, 11) is 2.85. The lowest BCUT2D eigenvalue weighted by atomic mass is 9.95. The molecule has 0 aliphatic carbocycles. The average Bonchev–Trinajstić information content (AvgIpc) is 3.22. The molecule has 0 saturated heterocycles. The number of nitrogens with zero attached hydrogens (tertiary/aromatic N) is 2. The number of rotatable bonds is 8. The molecule has 38 heavy (non-hydrogen) atoms. The van der Waals surface area contributed by atoms with Gasteiger partial charge in [-0.25, -0.2) is 14.6 Å². The van der Waals surface area contributed by atoms with Crippen molar-refractivity contribution in [3.8, 4) is 11.5 Å². The number of esters is 2. The maximum absolute atomic E-state index is 13.8. The molecule has 10 heteroatoms. The van der Waals surface area contributed by atoms with E-state index in [2.05, 4.69) is 4.99 Å². The molecular formula is C28H28N2O7S. The minimum atomic E-state index is -0.779. The third-order valence-electron chi connectivity index (χ3n) is 5.95. The van der Waals surface area contributed by atoms with Crippen LogP contribution in [0.3, 0.4) is 0 Å². The van der Waals surface area contributed by atoms with Crippen LogP contribution in [0, 0.1) is 0 Å². The third kappa shape index (κ3) is 5.12. The molecule has 2 aromatic carbocycles. The van der Waals surface area contributed by atoms with Crippen LogP contribution in [-0.4, -0.2) is 43.9 Å². The number of hydrogen-bond acceptors (Lipinski definition) is 9. The Labute approximate surface area is 223 Å². The molecule has 0 saturated carbocycles. The Balaban J connectivity index is 1.89. The smallest absolute Gasteiger partial charge is 0.338 e. The molecule has 1 atom stereocenters. The van der Waals surface area contributed by atoms with Gasteiger partial charge in [-0.2, -0.15) is 0 Å². The molecule has 1 unspecified atom stereocenters. The minimum Gasteiger partial charge on any atom is -0.493 e. The first kappa shape index (κ1) is 26.9. The van der Waals surface area contributed by atoms with Gasteiger partial charge in [-0.1, -0.05) is 29.5 Å². The highest BCUT2D eigenvalue weighted by Gasteiger charge is 2.34. The van der Waals surface area contributed by atoms with Crippen LogP contribution in [0.1, 0.15) is 48.3 Å². The summed E-state index contributed by atoms with van der Waals surface area (Å²) in [6.07, 6.45) is 1.73. The Morgan fingerprint density at radius 2 is 1.76 bits per heavy atom. The van der Waals surface area contributed by atoms with Crippen LogP contribution in [0.15, 0.2) is 63.5 Å². The number of thiazole rings is 1. The number of hydrogen-bond donors (Lipinski definition) is 0. The summed E-state index contributed by atoms with van der Waals surface area (Å²) < 4.78 is 23.2. The SMILES string of the molecule is CCOC(=O)C1=C(C)N=c2s/c(=C\c3ccc(C(=O)OC)cc3)c(=O)n2C1c1ccc(OCC)c(OC)c1. The molecule has 3 aromatic rings. The molecule has 1 aromatic heterocycles. The van der Waals surface area contributed by atoms with Crippen molar-refractivity contribution in [2.45, 2.75) is 26.8 Å². The fraction of sp³-hybridized carbons (Fsp3) is 0.286. The Hall–Kier alpha value is -4.18. The molecule has 2 heterocycles. The highest BCUT2D eigenvalue weighted by atomic mass is 32.1. The number of methoxy groups -OCH3 is 2. The number of aromatic nitrogens is 1. The summed E-state index contributed by atoms with van der Waals surface area (Å²) in [5.41, 5.74) is 2.22. The van der Waals surface area contributed by atoms with Gasteiger partial charge in [0.2, 0.25) is 0 Å². The van der Waals surface area contributed by atoms with E-state index in [0.29, 0.717) is 44.3 Å². The zero-order valence-electron chi connectivity index (χ0n) is 21.8. The van der Waals surface area contributed by atoms with Crippen LogP contribution in [0.5, 0.6) is 11.5 Å². The molecule has 0 N–H and O–H groups in total. The van der Waals surface area contributed by atoms with Gasteiger partial charge in [-0.05, 0) is 62.2 Å². The van der Waals surface area contributed by atoms with Crippen molar-refractivity contribution in [3.63, 3.8) is 0 Å².